The molecule has 3 heterocycles. The molecule has 0 bridgehead atoms. The lowest BCUT2D eigenvalue weighted by atomic mass is 10.0. The molecule has 0 saturated carbocycles. The van der Waals surface area contributed by atoms with Gasteiger partial charge in [-0.15, -0.1) is 11.3 Å². The Morgan fingerprint density at radius 1 is 1.08 bits per heavy atom. The van der Waals surface area contributed by atoms with Crippen LogP contribution in [0.3, 0.4) is 0 Å². The van der Waals surface area contributed by atoms with Crippen LogP contribution >= 0.6 is 34.3 Å². The first-order valence-electron chi connectivity index (χ1n) is 10.3. The van der Waals surface area contributed by atoms with E-state index in [1.807, 2.05) is 17.5 Å². The summed E-state index contributed by atoms with van der Waals surface area (Å²) in [7, 11) is -4.11. The van der Waals surface area contributed by atoms with Gasteiger partial charge in [0.1, 0.15) is 5.75 Å². The van der Waals surface area contributed by atoms with E-state index in [4.69, 9.17) is 28.0 Å². The van der Waals surface area contributed by atoms with Crippen LogP contribution in [0.2, 0.25) is 5.02 Å². The molecule has 180 valence electrons. The van der Waals surface area contributed by atoms with Crippen molar-refractivity contribution in [3.8, 4) is 27.4 Å². The number of carboxylic acid groups (broad SMARTS) is 1. The van der Waals surface area contributed by atoms with E-state index in [0.717, 1.165) is 0 Å². The Hall–Kier alpha value is -3.62. The normalized spacial score (nSPS) is 11.4. The van der Waals surface area contributed by atoms with Gasteiger partial charge in [-0.3, -0.25) is 0 Å². The van der Waals surface area contributed by atoms with Crippen molar-refractivity contribution < 1.29 is 23.1 Å². The first-order valence-corrected chi connectivity index (χ1v) is 13.9. The number of aliphatic carboxylic acids is 1. The van der Waals surface area contributed by atoms with Crippen LogP contribution in [0.15, 0.2) is 76.3 Å². The molecule has 0 atom stereocenters. The number of ether oxygens (including phenoxy) is 1. The molecule has 5 aromatic rings. The molecule has 7 nitrogen and oxygen atoms in total. The molecule has 0 amide bonds. The molecule has 0 unspecified atom stereocenters. The summed E-state index contributed by atoms with van der Waals surface area (Å²) in [6.07, 6.45) is 0. The molecule has 1 N–H and O–H groups in total. The van der Waals surface area contributed by atoms with Crippen LogP contribution in [0.5, 0.6) is 5.75 Å². The first-order chi connectivity index (χ1) is 17.3. The van der Waals surface area contributed by atoms with E-state index in [-0.39, 0.29) is 10.6 Å². The van der Waals surface area contributed by atoms with E-state index in [0.29, 0.717) is 42.6 Å². The average molecular weight is 555 g/mol. The van der Waals surface area contributed by atoms with Crippen LogP contribution in [0.25, 0.3) is 37.4 Å². The molecule has 0 aliphatic carbocycles. The number of aromatic nitrogens is 1. The van der Waals surface area contributed by atoms with Gasteiger partial charge in [-0.25, -0.2) is 22.0 Å². The number of hydrogen-bond acceptors (Lipinski definition) is 6. The predicted octanol–water partition coefficient (Wildman–Crippen LogP) is 7.00. The van der Waals surface area contributed by atoms with Crippen molar-refractivity contribution in [2.75, 3.05) is 6.61 Å². The number of hydrogen-bond donors (Lipinski definition) is 1. The predicted molar refractivity (Wildman–Crippen MR) is 142 cm³/mol. The molecule has 0 aliphatic heterocycles. The maximum absolute atomic E-state index is 14.1. The third-order valence-electron chi connectivity index (χ3n) is 5.38. The highest BCUT2D eigenvalue weighted by Gasteiger charge is 2.30. The molecular weight excluding hydrogens is 540 g/mol. The number of nitrogens with zero attached hydrogens (tertiary/aromatic N) is 2. The molecule has 0 radical (unpaired) electrons. The van der Waals surface area contributed by atoms with E-state index >= 15 is 0 Å². The zero-order valence-electron chi connectivity index (χ0n) is 18.2. The quantitative estimate of drug-likeness (QED) is 0.219. The van der Waals surface area contributed by atoms with Crippen LogP contribution in [0.4, 0.5) is 5.00 Å². The minimum atomic E-state index is -4.11. The minimum absolute atomic E-state index is 0.0510. The summed E-state index contributed by atoms with van der Waals surface area (Å²) in [5.74, 6) is -0.866. The van der Waals surface area contributed by atoms with Crippen molar-refractivity contribution in [1.82, 2.24) is 3.97 Å². The Morgan fingerprint density at radius 2 is 1.86 bits per heavy atom. The lowest BCUT2D eigenvalue weighted by Crippen LogP contribution is -2.14. The Balaban J connectivity index is 1.91. The summed E-state index contributed by atoms with van der Waals surface area (Å²) in [4.78, 5) is 15.4. The molecule has 36 heavy (non-hydrogen) atoms. The summed E-state index contributed by atoms with van der Waals surface area (Å²) < 4.78 is 34.8. The third kappa shape index (κ3) is 4.16. The van der Waals surface area contributed by atoms with Gasteiger partial charge in [0.15, 0.2) is 6.61 Å². The maximum atomic E-state index is 14.1. The van der Waals surface area contributed by atoms with Crippen molar-refractivity contribution in [2.45, 2.75) is 4.90 Å². The largest absolute Gasteiger partial charge is 0.482 e. The minimum Gasteiger partial charge on any atom is -0.482 e. The fraction of sp³-hybridized carbons (Fsp3) is 0.0400. The Kier molecular flexibility index (Phi) is 6.32. The van der Waals surface area contributed by atoms with Crippen molar-refractivity contribution in [3.05, 3.63) is 87.9 Å². The lowest BCUT2D eigenvalue weighted by molar-refractivity contribution is -0.139. The number of fused-ring (bicyclic) bond motifs is 1. The van der Waals surface area contributed by atoms with Crippen molar-refractivity contribution in [3.63, 3.8) is 0 Å². The summed E-state index contributed by atoms with van der Waals surface area (Å²) in [6, 6.07) is 16.1. The van der Waals surface area contributed by atoms with Gasteiger partial charge in [-0.2, -0.15) is 11.3 Å². The van der Waals surface area contributed by atoms with Crippen LogP contribution in [-0.2, 0) is 14.8 Å². The van der Waals surface area contributed by atoms with Crippen molar-refractivity contribution in [2.24, 2.45) is 0 Å². The van der Waals surface area contributed by atoms with Crippen LogP contribution < -0.4 is 4.74 Å². The standard InChI is InChI=1S/C25H15ClN2O5S3/c1-27-25-18(10-12-35-25)23-19-13-16(33-14-22(29)30)6-9-20(19)28(24(23)21-3-2-11-34-21)36(31,32)17-7-4-15(26)5-8-17/h2-13H,14H2,(H,29,30). The molecule has 0 aliphatic rings. The van der Waals surface area contributed by atoms with E-state index in [2.05, 4.69) is 4.85 Å². The number of rotatable bonds is 7. The topological polar surface area (TPSA) is 90.0 Å². The number of benzene rings is 2. The summed E-state index contributed by atoms with van der Waals surface area (Å²) >= 11 is 8.64. The van der Waals surface area contributed by atoms with Gasteiger partial charge in [-0.05, 0) is 59.3 Å². The second-order valence-electron chi connectivity index (χ2n) is 7.54. The fourth-order valence-corrected chi connectivity index (χ4v) is 7.10. The van der Waals surface area contributed by atoms with Crippen molar-refractivity contribution >= 4 is 66.2 Å². The van der Waals surface area contributed by atoms with Gasteiger partial charge in [0.25, 0.3) is 10.0 Å². The molecule has 0 saturated heterocycles. The molecule has 0 fully saturated rings. The number of carboxylic acids is 1. The smallest absolute Gasteiger partial charge is 0.341 e. The van der Waals surface area contributed by atoms with Crippen LogP contribution in [0, 0.1) is 6.57 Å². The average Bonchev–Trinajstić information content (AvgIpc) is 3.60. The fourth-order valence-electron chi connectivity index (χ4n) is 3.93. The highest BCUT2D eigenvalue weighted by Crippen LogP contribution is 2.49. The lowest BCUT2D eigenvalue weighted by Gasteiger charge is -2.13. The zero-order chi connectivity index (χ0) is 25.4. The SMILES string of the molecule is [C-]#[N+]c1sccc1-c1c(-c2cccs2)n(S(=O)(=O)c2ccc(Cl)cc2)c2ccc(OCC(=O)O)cc12. The van der Waals surface area contributed by atoms with E-state index in [1.165, 1.54) is 57.0 Å². The summed E-state index contributed by atoms with van der Waals surface area (Å²) in [6.45, 7) is 7.11. The molecule has 5 rings (SSSR count). The third-order valence-corrected chi connectivity index (χ3v) is 9.04. The second-order valence-corrected chi connectivity index (χ2v) is 11.6. The number of carbonyl (C=O) groups is 1. The monoisotopic (exact) mass is 554 g/mol. The van der Waals surface area contributed by atoms with Gasteiger partial charge in [0, 0.05) is 21.5 Å². The summed E-state index contributed by atoms with van der Waals surface area (Å²) in [5, 5.41) is 14.0. The van der Waals surface area contributed by atoms with Gasteiger partial charge < -0.3 is 9.84 Å². The van der Waals surface area contributed by atoms with Crippen LogP contribution in [-0.4, -0.2) is 30.1 Å². The first kappa shape index (κ1) is 24.1. The number of halogens is 1. The maximum Gasteiger partial charge on any atom is 0.341 e. The molecule has 0 spiro atoms. The van der Waals surface area contributed by atoms with Crippen LogP contribution in [0.1, 0.15) is 0 Å². The molecular formula is C25H15ClN2O5S3. The Bertz CT molecular complexity index is 1750. The Morgan fingerprint density at radius 3 is 2.53 bits per heavy atom. The highest BCUT2D eigenvalue weighted by molar-refractivity contribution is 7.90. The van der Waals surface area contributed by atoms with E-state index < -0.39 is 22.6 Å². The molecule has 2 aromatic carbocycles. The van der Waals surface area contributed by atoms with E-state index in [9.17, 15) is 13.2 Å². The van der Waals surface area contributed by atoms with Gasteiger partial charge in [-0.1, -0.05) is 23.7 Å². The van der Waals surface area contributed by atoms with Gasteiger partial charge in [0.05, 0.1) is 27.6 Å². The molecule has 11 heteroatoms. The Labute approximate surface area is 219 Å². The highest BCUT2D eigenvalue weighted by atomic mass is 35.5. The van der Waals surface area contributed by atoms with Gasteiger partial charge >= 0.3 is 5.97 Å². The molecule has 3 aromatic heterocycles. The zero-order valence-corrected chi connectivity index (χ0v) is 21.4. The number of thiophene rings is 2. The second kappa shape index (κ2) is 9.44. The van der Waals surface area contributed by atoms with Gasteiger partial charge in [0.2, 0.25) is 5.00 Å². The summed E-state index contributed by atoms with van der Waals surface area (Å²) in [5.41, 5.74) is 1.92. The van der Waals surface area contributed by atoms with E-state index in [1.54, 1.807) is 23.6 Å². The van der Waals surface area contributed by atoms with Crippen molar-refractivity contribution in [1.29, 1.82) is 0 Å².